The molecule has 0 aliphatic heterocycles. The van der Waals surface area contributed by atoms with Crippen LogP contribution in [-0.2, 0) is 5.75 Å². The molecule has 0 spiro atoms. The van der Waals surface area contributed by atoms with Crippen molar-refractivity contribution in [3.8, 4) is 5.75 Å². The van der Waals surface area contributed by atoms with E-state index in [9.17, 15) is 8.78 Å². The fraction of sp³-hybridized carbons (Fsp3) is 0.214. The van der Waals surface area contributed by atoms with Crippen LogP contribution in [0.25, 0.3) is 5.65 Å². The first-order valence-corrected chi connectivity index (χ1v) is 7.90. The first-order chi connectivity index (χ1) is 11.1. The Morgan fingerprint density at radius 2 is 2.09 bits per heavy atom. The largest absolute Gasteiger partial charge is 0.495 e. The van der Waals surface area contributed by atoms with E-state index >= 15 is 0 Å². The average Bonchev–Trinajstić information content (AvgIpc) is 2.96. The second-order valence-corrected chi connectivity index (χ2v) is 5.96. The first kappa shape index (κ1) is 15.9. The topological polar surface area (TPSA) is 52.3 Å². The lowest BCUT2D eigenvalue weighted by molar-refractivity contribution is 0.137. The highest BCUT2D eigenvalue weighted by molar-refractivity contribution is 7.98. The summed E-state index contributed by atoms with van der Waals surface area (Å²) in [6.45, 7) is 0. The zero-order valence-corrected chi connectivity index (χ0v) is 13.5. The van der Waals surface area contributed by atoms with Crippen molar-refractivity contribution < 1.29 is 13.5 Å². The van der Waals surface area contributed by atoms with E-state index in [2.05, 4.69) is 15.3 Å². The Hall–Kier alpha value is -1.93. The van der Waals surface area contributed by atoms with Crippen LogP contribution in [0.1, 0.15) is 17.8 Å². The van der Waals surface area contributed by atoms with Crippen LogP contribution in [-0.4, -0.2) is 26.9 Å². The zero-order valence-electron chi connectivity index (χ0n) is 11.9. The first-order valence-electron chi connectivity index (χ1n) is 6.54. The predicted octanol–water partition coefficient (Wildman–Crippen LogP) is 4.02. The molecule has 2 aromatic heterocycles. The minimum atomic E-state index is -2.72. The van der Waals surface area contributed by atoms with E-state index in [4.69, 9.17) is 16.3 Å². The minimum absolute atomic E-state index is 0.289. The molecule has 5 nitrogen and oxygen atoms in total. The molecule has 0 bridgehead atoms. The molecule has 0 N–H and O–H groups in total. The third-order valence-electron chi connectivity index (χ3n) is 3.06. The van der Waals surface area contributed by atoms with Crippen LogP contribution in [0.15, 0.2) is 35.4 Å². The normalized spacial score (nSPS) is 11.3. The van der Waals surface area contributed by atoms with Gasteiger partial charge in [-0.2, -0.15) is 9.61 Å². The SMILES string of the molecule is COc1ccc(CSc2ccc3nnc(C(F)F)n3n2)cc1Cl. The summed E-state index contributed by atoms with van der Waals surface area (Å²) in [6.07, 6.45) is -2.72. The average molecular weight is 357 g/mol. The van der Waals surface area contributed by atoms with E-state index < -0.39 is 12.2 Å². The summed E-state index contributed by atoms with van der Waals surface area (Å²) in [4.78, 5) is 0. The number of hydrogen-bond donors (Lipinski definition) is 0. The van der Waals surface area contributed by atoms with Crippen LogP contribution < -0.4 is 4.74 Å². The van der Waals surface area contributed by atoms with Gasteiger partial charge in [0.1, 0.15) is 10.8 Å². The summed E-state index contributed by atoms with van der Waals surface area (Å²) in [5.74, 6) is 0.731. The lowest BCUT2D eigenvalue weighted by atomic mass is 10.2. The third-order valence-corrected chi connectivity index (χ3v) is 4.35. The Kier molecular flexibility index (Phi) is 4.63. The van der Waals surface area contributed by atoms with Gasteiger partial charge in [-0.05, 0) is 29.8 Å². The van der Waals surface area contributed by atoms with Gasteiger partial charge in [-0.3, -0.25) is 0 Å². The quantitative estimate of drug-likeness (QED) is 0.646. The highest BCUT2D eigenvalue weighted by Gasteiger charge is 2.17. The van der Waals surface area contributed by atoms with Crippen molar-refractivity contribution in [2.75, 3.05) is 7.11 Å². The smallest absolute Gasteiger partial charge is 0.299 e. The van der Waals surface area contributed by atoms with Gasteiger partial charge in [-0.1, -0.05) is 29.4 Å². The molecule has 3 aromatic rings. The summed E-state index contributed by atoms with van der Waals surface area (Å²) in [5, 5.41) is 12.4. The summed E-state index contributed by atoms with van der Waals surface area (Å²) in [5.41, 5.74) is 1.26. The molecule has 0 aliphatic carbocycles. The van der Waals surface area contributed by atoms with Crippen molar-refractivity contribution in [3.63, 3.8) is 0 Å². The van der Waals surface area contributed by atoms with Crippen LogP contribution in [0.2, 0.25) is 5.02 Å². The summed E-state index contributed by atoms with van der Waals surface area (Å²) in [6, 6.07) is 8.79. The molecule has 3 rings (SSSR count). The van der Waals surface area contributed by atoms with Crippen molar-refractivity contribution in [2.24, 2.45) is 0 Å². The Bertz CT molecular complexity index is 843. The molecule has 0 unspecified atom stereocenters. The van der Waals surface area contributed by atoms with Crippen LogP contribution in [0.3, 0.4) is 0 Å². The van der Waals surface area contributed by atoms with Gasteiger partial charge in [0.05, 0.1) is 12.1 Å². The second-order valence-electron chi connectivity index (χ2n) is 4.56. The predicted molar refractivity (Wildman–Crippen MR) is 83.3 cm³/mol. The Morgan fingerprint density at radius 1 is 1.26 bits per heavy atom. The number of alkyl halides is 2. The molecule has 23 heavy (non-hydrogen) atoms. The zero-order chi connectivity index (χ0) is 16.4. The van der Waals surface area contributed by atoms with Crippen molar-refractivity contribution >= 4 is 29.0 Å². The number of thioether (sulfide) groups is 1. The number of halogens is 3. The summed E-state index contributed by atoms with van der Waals surface area (Å²) < 4.78 is 31.8. The molecule has 0 saturated carbocycles. The van der Waals surface area contributed by atoms with E-state index in [1.807, 2.05) is 6.07 Å². The summed E-state index contributed by atoms with van der Waals surface area (Å²) >= 11 is 7.48. The van der Waals surface area contributed by atoms with Crippen molar-refractivity contribution in [1.29, 1.82) is 0 Å². The lowest BCUT2D eigenvalue weighted by Gasteiger charge is -2.06. The molecule has 2 heterocycles. The Morgan fingerprint density at radius 3 is 2.78 bits per heavy atom. The molecule has 0 amide bonds. The van der Waals surface area contributed by atoms with Crippen LogP contribution in [0, 0.1) is 0 Å². The van der Waals surface area contributed by atoms with Crippen LogP contribution in [0.5, 0.6) is 5.75 Å². The minimum Gasteiger partial charge on any atom is -0.495 e. The monoisotopic (exact) mass is 356 g/mol. The van der Waals surface area contributed by atoms with Crippen LogP contribution >= 0.6 is 23.4 Å². The molecule has 9 heteroatoms. The van der Waals surface area contributed by atoms with Gasteiger partial charge in [-0.15, -0.1) is 10.2 Å². The number of ether oxygens (including phenoxy) is 1. The number of rotatable bonds is 5. The van der Waals surface area contributed by atoms with Crippen LogP contribution in [0.4, 0.5) is 8.78 Å². The number of aromatic nitrogens is 4. The molecular formula is C14H11ClF2N4OS. The Balaban J connectivity index is 1.79. The van der Waals surface area contributed by atoms with Gasteiger partial charge >= 0.3 is 0 Å². The van der Waals surface area contributed by atoms with E-state index in [0.717, 1.165) is 10.1 Å². The third kappa shape index (κ3) is 3.37. The molecular weight excluding hydrogens is 346 g/mol. The fourth-order valence-corrected chi connectivity index (χ4v) is 3.04. The molecule has 0 saturated heterocycles. The van der Waals surface area contributed by atoms with Crippen molar-refractivity contribution in [3.05, 3.63) is 46.7 Å². The van der Waals surface area contributed by atoms with Gasteiger partial charge < -0.3 is 4.74 Å². The van der Waals surface area contributed by atoms with Gasteiger partial charge in [-0.25, -0.2) is 8.78 Å². The molecule has 0 atom stereocenters. The van der Waals surface area contributed by atoms with Crippen molar-refractivity contribution in [1.82, 2.24) is 19.8 Å². The fourth-order valence-electron chi connectivity index (χ4n) is 1.96. The highest BCUT2D eigenvalue weighted by Crippen LogP contribution is 2.28. The lowest BCUT2D eigenvalue weighted by Crippen LogP contribution is -2.00. The van der Waals surface area contributed by atoms with E-state index in [0.29, 0.717) is 21.6 Å². The van der Waals surface area contributed by atoms with E-state index in [-0.39, 0.29) is 5.65 Å². The van der Waals surface area contributed by atoms with E-state index in [1.165, 1.54) is 11.8 Å². The molecule has 0 radical (unpaired) electrons. The number of benzene rings is 1. The Labute approximate surface area is 139 Å². The number of hydrogen-bond acceptors (Lipinski definition) is 5. The standard InChI is InChI=1S/C14H11ClF2N4OS/c1-22-10-3-2-8(6-9(10)15)7-23-12-5-4-11-18-19-14(13(16)17)21(11)20-12/h2-6,13H,7H2,1H3. The van der Waals surface area contributed by atoms with Gasteiger partial charge in [0, 0.05) is 5.75 Å². The maximum atomic E-state index is 12.8. The molecule has 0 aliphatic rings. The molecule has 1 aromatic carbocycles. The number of methoxy groups -OCH3 is 1. The second kappa shape index (κ2) is 6.67. The molecule has 0 fully saturated rings. The summed E-state index contributed by atoms with van der Waals surface area (Å²) in [7, 11) is 1.55. The van der Waals surface area contributed by atoms with Gasteiger partial charge in [0.2, 0.25) is 5.82 Å². The number of nitrogens with zero attached hydrogens (tertiary/aromatic N) is 4. The maximum absolute atomic E-state index is 12.8. The molecule has 120 valence electrons. The van der Waals surface area contributed by atoms with Gasteiger partial charge in [0.15, 0.2) is 5.65 Å². The van der Waals surface area contributed by atoms with E-state index in [1.54, 1.807) is 31.4 Å². The number of fused-ring (bicyclic) bond motifs is 1. The maximum Gasteiger partial charge on any atom is 0.299 e. The van der Waals surface area contributed by atoms with Crippen molar-refractivity contribution in [2.45, 2.75) is 17.2 Å². The highest BCUT2D eigenvalue weighted by atomic mass is 35.5. The van der Waals surface area contributed by atoms with Gasteiger partial charge in [0.25, 0.3) is 6.43 Å².